The summed E-state index contributed by atoms with van der Waals surface area (Å²) < 4.78 is 4.84. The first-order chi connectivity index (χ1) is 11.7. The van der Waals surface area contributed by atoms with Crippen molar-refractivity contribution in [2.45, 2.75) is 32.4 Å². The van der Waals surface area contributed by atoms with Crippen molar-refractivity contribution >= 4 is 29.0 Å². The summed E-state index contributed by atoms with van der Waals surface area (Å²) in [6.07, 6.45) is 1.65. The van der Waals surface area contributed by atoms with E-state index in [9.17, 15) is 9.59 Å². The maximum atomic E-state index is 12.8. The molecule has 2 aromatic rings. The summed E-state index contributed by atoms with van der Waals surface area (Å²) in [5.41, 5.74) is 1.24. The van der Waals surface area contributed by atoms with E-state index in [1.54, 1.807) is 42.5 Å². The zero-order valence-corrected chi connectivity index (χ0v) is 14.3. The lowest BCUT2D eigenvalue weighted by molar-refractivity contribution is 0.0731. The summed E-state index contributed by atoms with van der Waals surface area (Å²) in [7, 11) is 0. The number of thiophene rings is 1. The van der Waals surface area contributed by atoms with Crippen LogP contribution in [0.5, 0.6) is 0 Å². The number of nitrogens with zero attached hydrogens (tertiary/aromatic N) is 1. The van der Waals surface area contributed by atoms with Crippen molar-refractivity contribution in [3.05, 3.63) is 52.2 Å². The summed E-state index contributed by atoms with van der Waals surface area (Å²) in [4.78, 5) is 27.3. The highest BCUT2D eigenvalue weighted by Gasteiger charge is 2.33. The molecule has 1 aliphatic rings. The van der Waals surface area contributed by atoms with Crippen LogP contribution in [0.3, 0.4) is 0 Å². The van der Waals surface area contributed by atoms with Gasteiger partial charge in [-0.25, -0.2) is 4.79 Å². The molecule has 1 saturated carbocycles. The summed E-state index contributed by atoms with van der Waals surface area (Å²) >= 11 is 1.67. The monoisotopic (exact) mass is 344 g/mol. The van der Waals surface area contributed by atoms with Crippen LogP contribution in [0.1, 0.15) is 35.0 Å². The summed E-state index contributed by atoms with van der Waals surface area (Å²) in [6, 6.07) is 11.3. The molecule has 5 nitrogen and oxygen atoms in total. The Bertz CT molecular complexity index is 694. The van der Waals surface area contributed by atoms with Crippen molar-refractivity contribution in [2.75, 3.05) is 11.9 Å². The van der Waals surface area contributed by atoms with E-state index in [1.807, 2.05) is 16.3 Å². The van der Waals surface area contributed by atoms with Crippen LogP contribution in [0, 0.1) is 0 Å². The van der Waals surface area contributed by atoms with Gasteiger partial charge in [0.05, 0.1) is 13.2 Å². The zero-order chi connectivity index (χ0) is 16.9. The van der Waals surface area contributed by atoms with Crippen LogP contribution in [-0.2, 0) is 11.3 Å². The van der Waals surface area contributed by atoms with Gasteiger partial charge in [-0.15, -0.1) is 11.3 Å². The van der Waals surface area contributed by atoms with Crippen LogP contribution in [-0.4, -0.2) is 29.5 Å². The molecule has 0 saturated heterocycles. The minimum Gasteiger partial charge on any atom is -0.450 e. The highest BCUT2D eigenvalue weighted by atomic mass is 32.1. The predicted octanol–water partition coefficient (Wildman–Crippen LogP) is 4.12. The molecule has 0 spiro atoms. The number of nitrogens with one attached hydrogen (secondary N) is 1. The summed E-state index contributed by atoms with van der Waals surface area (Å²) in [5, 5.41) is 4.65. The first-order valence-electron chi connectivity index (χ1n) is 8.04. The van der Waals surface area contributed by atoms with E-state index in [0.717, 1.165) is 12.8 Å². The van der Waals surface area contributed by atoms with Gasteiger partial charge in [-0.1, -0.05) is 6.07 Å². The quantitative estimate of drug-likeness (QED) is 0.857. The molecule has 126 valence electrons. The second kappa shape index (κ2) is 7.49. The Kier molecular flexibility index (Phi) is 5.15. The normalized spacial score (nSPS) is 13.4. The van der Waals surface area contributed by atoms with Crippen molar-refractivity contribution in [1.29, 1.82) is 0 Å². The van der Waals surface area contributed by atoms with Gasteiger partial charge < -0.3 is 9.64 Å². The average Bonchev–Trinajstić information content (AvgIpc) is 3.29. The maximum absolute atomic E-state index is 12.8. The first kappa shape index (κ1) is 16.5. The van der Waals surface area contributed by atoms with Crippen LogP contribution in [0.2, 0.25) is 0 Å². The number of anilines is 1. The van der Waals surface area contributed by atoms with Gasteiger partial charge in [-0.3, -0.25) is 10.1 Å². The van der Waals surface area contributed by atoms with Crippen molar-refractivity contribution in [3.63, 3.8) is 0 Å². The van der Waals surface area contributed by atoms with Crippen LogP contribution >= 0.6 is 11.3 Å². The van der Waals surface area contributed by atoms with Gasteiger partial charge in [-0.2, -0.15) is 0 Å². The Morgan fingerprint density at radius 2 is 2.00 bits per heavy atom. The molecular weight excluding hydrogens is 324 g/mol. The molecule has 3 rings (SSSR count). The molecule has 0 unspecified atom stereocenters. The number of amides is 2. The van der Waals surface area contributed by atoms with Gasteiger partial charge in [0.1, 0.15) is 0 Å². The lowest BCUT2D eigenvalue weighted by atomic mass is 10.1. The fraction of sp³-hybridized carbons (Fsp3) is 0.333. The number of hydrogen-bond acceptors (Lipinski definition) is 4. The second-order valence-corrected chi connectivity index (χ2v) is 6.70. The van der Waals surface area contributed by atoms with Crippen molar-refractivity contribution in [3.8, 4) is 0 Å². The second-order valence-electron chi connectivity index (χ2n) is 5.67. The molecule has 1 heterocycles. The van der Waals surface area contributed by atoms with Gasteiger partial charge in [0, 0.05) is 22.2 Å². The Labute approximate surface area is 145 Å². The van der Waals surface area contributed by atoms with Gasteiger partial charge in [0.15, 0.2) is 0 Å². The molecule has 24 heavy (non-hydrogen) atoms. The highest BCUT2D eigenvalue weighted by molar-refractivity contribution is 7.09. The van der Waals surface area contributed by atoms with Crippen molar-refractivity contribution in [2.24, 2.45) is 0 Å². The maximum Gasteiger partial charge on any atom is 0.411 e. The van der Waals surface area contributed by atoms with Gasteiger partial charge in [0.25, 0.3) is 5.91 Å². The highest BCUT2D eigenvalue weighted by Crippen LogP contribution is 2.30. The third-order valence-electron chi connectivity index (χ3n) is 3.81. The SMILES string of the molecule is CCOC(=O)Nc1ccc(C(=O)N(Cc2cccs2)C2CC2)cc1. The lowest BCUT2D eigenvalue weighted by Gasteiger charge is -2.22. The number of carbonyl (C=O) groups excluding carboxylic acids is 2. The number of ether oxygens (including phenoxy) is 1. The Morgan fingerprint density at radius 3 is 2.58 bits per heavy atom. The van der Waals surface area contributed by atoms with E-state index < -0.39 is 6.09 Å². The zero-order valence-electron chi connectivity index (χ0n) is 13.5. The Hall–Kier alpha value is -2.34. The predicted molar refractivity (Wildman–Crippen MR) is 94.3 cm³/mol. The van der Waals surface area contributed by atoms with Crippen LogP contribution in [0.4, 0.5) is 10.5 Å². The van der Waals surface area contributed by atoms with E-state index in [4.69, 9.17) is 4.74 Å². The minimum absolute atomic E-state index is 0.0357. The molecule has 6 heteroatoms. The number of hydrogen-bond donors (Lipinski definition) is 1. The van der Waals surface area contributed by atoms with E-state index in [2.05, 4.69) is 11.4 Å². The summed E-state index contributed by atoms with van der Waals surface area (Å²) in [6.45, 7) is 2.73. The molecule has 1 aromatic carbocycles. The van der Waals surface area contributed by atoms with E-state index in [0.29, 0.717) is 30.4 Å². The number of rotatable bonds is 6. The largest absolute Gasteiger partial charge is 0.450 e. The van der Waals surface area contributed by atoms with Gasteiger partial charge in [0.2, 0.25) is 0 Å². The fourth-order valence-corrected chi connectivity index (χ4v) is 3.17. The molecule has 0 atom stereocenters. The first-order valence-corrected chi connectivity index (χ1v) is 8.92. The molecule has 0 radical (unpaired) electrons. The molecule has 2 amide bonds. The molecule has 1 aliphatic carbocycles. The van der Waals surface area contributed by atoms with Crippen LogP contribution in [0.15, 0.2) is 41.8 Å². The fourth-order valence-electron chi connectivity index (χ4n) is 2.47. The van der Waals surface area contributed by atoms with Gasteiger partial charge in [-0.05, 0) is 55.5 Å². The minimum atomic E-state index is -0.492. The number of benzene rings is 1. The lowest BCUT2D eigenvalue weighted by Crippen LogP contribution is -2.32. The van der Waals surface area contributed by atoms with E-state index in [-0.39, 0.29) is 5.91 Å². The van der Waals surface area contributed by atoms with Crippen LogP contribution < -0.4 is 5.32 Å². The molecule has 0 bridgehead atoms. The Morgan fingerprint density at radius 1 is 1.25 bits per heavy atom. The molecule has 1 N–H and O–H groups in total. The van der Waals surface area contributed by atoms with Crippen molar-refractivity contribution < 1.29 is 14.3 Å². The molecule has 1 fully saturated rings. The molecule has 1 aromatic heterocycles. The van der Waals surface area contributed by atoms with Crippen LogP contribution in [0.25, 0.3) is 0 Å². The number of carbonyl (C=O) groups is 2. The molecular formula is C18H20N2O3S. The smallest absolute Gasteiger partial charge is 0.411 e. The summed E-state index contributed by atoms with van der Waals surface area (Å²) in [5.74, 6) is 0.0357. The van der Waals surface area contributed by atoms with Gasteiger partial charge >= 0.3 is 6.09 Å². The standard InChI is InChI=1S/C18H20N2O3S/c1-2-23-18(22)19-14-7-5-13(6-8-14)17(21)20(15-9-10-15)12-16-4-3-11-24-16/h3-8,11,15H,2,9-10,12H2,1H3,(H,19,22). The molecule has 0 aliphatic heterocycles. The third kappa shape index (κ3) is 4.14. The van der Waals surface area contributed by atoms with Crippen molar-refractivity contribution in [1.82, 2.24) is 4.90 Å². The average molecular weight is 344 g/mol. The van der Waals surface area contributed by atoms with E-state index in [1.165, 1.54) is 4.88 Å². The van der Waals surface area contributed by atoms with E-state index >= 15 is 0 Å². The third-order valence-corrected chi connectivity index (χ3v) is 4.67. The topological polar surface area (TPSA) is 58.6 Å². The Balaban J connectivity index is 1.67.